The van der Waals surface area contributed by atoms with Crippen molar-refractivity contribution < 1.29 is 24.2 Å². The maximum atomic E-state index is 12.4. The number of aliphatic hydroxyl groups is 1. The van der Waals surface area contributed by atoms with Crippen LogP contribution in [0.25, 0.3) is 0 Å². The lowest BCUT2D eigenvalue weighted by atomic mass is 9.43. The molecular weight excluding hydrogens is 380 g/mol. The van der Waals surface area contributed by atoms with Gasteiger partial charge in [-0.1, -0.05) is 13.8 Å². The highest BCUT2D eigenvalue weighted by Crippen LogP contribution is 2.70. The Balaban J connectivity index is 1.54. The largest absolute Gasteiger partial charge is 0.462 e. The van der Waals surface area contributed by atoms with Crippen molar-refractivity contribution in [2.45, 2.75) is 83.8 Å². The lowest BCUT2D eigenvalue weighted by Gasteiger charge is -2.63. The number of cyclic esters (lactones) is 1. The molecule has 5 rings (SSSR count). The Kier molecular flexibility index (Phi) is 4.67. The Bertz CT molecular complexity index is 788. The van der Waals surface area contributed by atoms with Crippen LogP contribution in [-0.2, 0) is 19.1 Å². The van der Waals surface area contributed by atoms with Crippen LogP contribution in [0.1, 0.15) is 72.1 Å². The molecular formula is C25H35O5. The second-order valence-electron chi connectivity index (χ2n) is 11.1. The molecule has 0 aromatic heterocycles. The van der Waals surface area contributed by atoms with Gasteiger partial charge in [-0.3, -0.25) is 4.79 Å². The molecule has 0 aromatic carbocycles. The summed E-state index contributed by atoms with van der Waals surface area (Å²) in [5.74, 6) is 0.643. The molecule has 4 saturated carbocycles. The highest BCUT2D eigenvalue weighted by molar-refractivity contribution is 5.85. The third-order valence-electron chi connectivity index (χ3n) is 9.98. The van der Waals surface area contributed by atoms with E-state index in [1.165, 1.54) is 32.6 Å². The molecule has 1 N–H and O–H groups in total. The summed E-state index contributed by atoms with van der Waals surface area (Å²) in [6.07, 6.45) is 11.9. The van der Waals surface area contributed by atoms with Crippen molar-refractivity contribution in [1.29, 1.82) is 0 Å². The van der Waals surface area contributed by atoms with Crippen molar-refractivity contribution >= 4 is 11.9 Å². The van der Waals surface area contributed by atoms with E-state index in [-0.39, 0.29) is 35.8 Å². The van der Waals surface area contributed by atoms with Crippen LogP contribution in [0.3, 0.4) is 0 Å². The van der Waals surface area contributed by atoms with Crippen LogP contribution in [0.15, 0.2) is 11.6 Å². The van der Waals surface area contributed by atoms with Crippen LogP contribution in [-0.4, -0.2) is 35.4 Å². The monoisotopic (exact) mass is 415 g/mol. The summed E-state index contributed by atoms with van der Waals surface area (Å²) >= 11 is 0. The van der Waals surface area contributed by atoms with Gasteiger partial charge in [0.1, 0.15) is 12.7 Å². The molecule has 0 saturated heterocycles. The van der Waals surface area contributed by atoms with Crippen molar-refractivity contribution in [2.75, 3.05) is 6.61 Å². The Morgan fingerprint density at radius 1 is 1.20 bits per heavy atom. The molecule has 0 amide bonds. The number of fused-ring (bicyclic) bond motifs is 5. The van der Waals surface area contributed by atoms with Crippen molar-refractivity contribution in [3.8, 4) is 0 Å². The SMILES string of the molecule is CC(=O)O[C@H]1C[C@]2(O)[C@@H]3CC[C@H]4C[CH]CC[C@]4(C)[C@H]3CC[C@]2(C)[C@H]1C1=CC(=O)OC1. The van der Waals surface area contributed by atoms with Gasteiger partial charge in [0, 0.05) is 30.8 Å². The van der Waals surface area contributed by atoms with E-state index in [4.69, 9.17) is 9.47 Å². The maximum absolute atomic E-state index is 12.4. The van der Waals surface area contributed by atoms with E-state index in [9.17, 15) is 14.7 Å². The molecule has 4 aliphatic carbocycles. The van der Waals surface area contributed by atoms with E-state index in [0.29, 0.717) is 12.3 Å². The molecule has 165 valence electrons. The Hall–Kier alpha value is -1.36. The van der Waals surface area contributed by atoms with Crippen molar-refractivity contribution in [3.63, 3.8) is 0 Å². The Morgan fingerprint density at radius 3 is 2.70 bits per heavy atom. The van der Waals surface area contributed by atoms with Crippen LogP contribution in [0, 0.1) is 40.9 Å². The molecule has 1 radical (unpaired) electrons. The smallest absolute Gasteiger partial charge is 0.331 e. The standard InChI is InChI=1S/C25H35O5/c1-15(26)30-20-13-25(28)19-8-7-17-6-4-5-10-23(17,2)18(19)9-11-24(25,3)22(20)16-12-21(27)29-14-16/h4,12,17-20,22,28H,5-11,13-14H2,1-3H3/t17-,18+,19-,20+,22+,23+,24-,25+/m1/s1. The van der Waals surface area contributed by atoms with Gasteiger partial charge in [-0.05, 0) is 80.1 Å². The van der Waals surface area contributed by atoms with Gasteiger partial charge < -0.3 is 14.6 Å². The molecule has 8 atom stereocenters. The molecule has 30 heavy (non-hydrogen) atoms. The third-order valence-corrected chi connectivity index (χ3v) is 9.98. The highest BCUT2D eigenvalue weighted by atomic mass is 16.5. The summed E-state index contributed by atoms with van der Waals surface area (Å²) < 4.78 is 11.0. The molecule has 0 spiro atoms. The minimum Gasteiger partial charge on any atom is -0.462 e. The van der Waals surface area contributed by atoms with Gasteiger partial charge in [0.05, 0.1) is 5.60 Å². The first-order chi connectivity index (χ1) is 14.2. The van der Waals surface area contributed by atoms with Gasteiger partial charge in [-0.25, -0.2) is 4.79 Å². The molecule has 5 aliphatic rings. The van der Waals surface area contributed by atoms with Gasteiger partial charge >= 0.3 is 11.9 Å². The van der Waals surface area contributed by atoms with Gasteiger partial charge in [0.2, 0.25) is 0 Å². The molecule has 0 aromatic rings. The van der Waals surface area contributed by atoms with Crippen LogP contribution < -0.4 is 0 Å². The molecule has 1 aliphatic heterocycles. The zero-order chi connectivity index (χ0) is 21.3. The number of hydrogen-bond donors (Lipinski definition) is 1. The number of carbonyl (C=O) groups is 2. The molecule has 0 unspecified atom stereocenters. The quantitative estimate of drug-likeness (QED) is 0.691. The molecule has 4 fully saturated rings. The number of hydrogen-bond acceptors (Lipinski definition) is 5. The zero-order valence-corrected chi connectivity index (χ0v) is 18.5. The minimum absolute atomic E-state index is 0.163. The third kappa shape index (κ3) is 2.69. The fraction of sp³-hybridized carbons (Fsp3) is 0.800. The lowest BCUT2D eigenvalue weighted by molar-refractivity contribution is -0.202. The average Bonchev–Trinajstić information content (AvgIpc) is 3.18. The summed E-state index contributed by atoms with van der Waals surface area (Å²) in [6.45, 7) is 6.32. The number of ether oxygens (including phenoxy) is 2. The maximum Gasteiger partial charge on any atom is 0.331 e. The Labute approximate surface area is 179 Å². The van der Waals surface area contributed by atoms with Gasteiger partial charge in [0.15, 0.2) is 0 Å². The van der Waals surface area contributed by atoms with Crippen molar-refractivity contribution in [2.24, 2.45) is 34.5 Å². The number of esters is 2. The van der Waals surface area contributed by atoms with Crippen LogP contribution in [0.2, 0.25) is 0 Å². The van der Waals surface area contributed by atoms with Gasteiger partial charge in [0.25, 0.3) is 0 Å². The minimum atomic E-state index is -0.887. The second-order valence-corrected chi connectivity index (χ2v) is 11.1. The zero-order valence-electron chi connectivity index (χ0n) is 18.5. The number of rotatable bonds is 2. The molecule has 5 nitrogen and oxygen atoms in total. The van der Waals surface area contributed by atoms with Crippen LogP contribution >= 0.6 is 0 Å². The van der Waals surface area contributed by atoms with Crippen LogP contribution in [0.5, 0.6) is 0 Å². The highest BCUT2D eigenvalue weighted by Gasteiger charge is 2.70. The first kappa shape index (κ1) is 20.5. The normalized spacial score (nSPS) is 50.1. The molecule has 0 bridgehead atoms. The van der Waals surface area contributed by atoms with E-state index < -0.39 is 17.1 Å². The predicted octanol–water partition coefficient (Wildman–Crippen LogP) is 3.99. The van der Waals surface area contributed by atoms with E-state index in [1.807, 2.05) is 0 Å². The van der Waals surface area contributed by atoms with Crippen molar-refractivity contribution in [1.82, 2.24) is 0 Å². The lowest BCUT2D eigenvalue weighted by Crippen LogP contribution is -2.61. The van der Waals surface area contributed by atoms with Crippen molar-refractivity contribution in [3.05, 3.63) is 18.1 Å². The first-order valence-electron chi connectivity index (χ1n) is 11.8. The summed E-state index contributed by atoms with van der Waals surface area (Å²) in [7, 11) is 0. The second kappa shape index (κ2) is 6.82. The fourth-order valence-electron chi connectivity index (χ4n) is 8.56. The molecule has 1 heterocycles. The van der Waals surface area contributed by atoms with Gasteiger partial charge in [-0.15, -0.1) is 0 Å². The van der Waals surface area contributed by atoms with E-state index >= 15 is 0 Å². The summed E-state index contributed by atoms with van der Waals surface area (Å²) in [5, 5.41) is 12.4. The van der Waals surface area contributed by atoms with E-state index in [0.717, 1.165) is 30.8 Å². The summed E-state index contributed by atoms with van der Waals surface area (Å²) in [4.78, 5) is 23.8. The predicted molar refractivity (Wildman–Crippen MR) is 111 cm³/mol. The summed E-state index contributed by atoms with van der Waals surface area (Å²) in [6, 6.07) is 0. The van der Waals surface area contributed by atoms with Crippen LogP contribution in [0.4, 0.5) is 0 Å². The Morgan fingerprint density at radius 2 is 2.00 bits per heavy atom. The molecule has 5 heteroatoms. The first-order valence-corrected chi connectivity index (χ1v) is 11.8. The van der Waals surface area contributed by atoms with E-state index in [1.54, 1.807) is 6.08 Å². The average molecular weight is 416 g/mol. The summed E-state index contributed by atoms with van der Waals surface area (Å²) in [5.41, 5.74) is -0.133. The topological polar surface area (TPSA) is 72.8 Å². The van der Waals surface area contributed by atoms with E-state index in [2.05, 4.69) is 20.3 Å². The fourth-order valence-corrected chi connectivity index (χ4v) is 8.56. The van der Waals surface area contributed by atoms with Gasteiger partial charge in [-0.2, -0.15) is 0 Å². The number of carbonyl (C=O) groups excluding carboxylic acids is 2.